The minimum atomic E-state index is 0.529. The smallest absolute Gasteiger partial charge is 0.0456 e. The van der Waals surface area contributed by atoms with Gasteiger partial charge in [0.05, 0.1) is 0 Å². The van der Waals surface area contributed by atoms with E-state index in [1.807, 2.05) is 0 Å². The lowest BCUT2D eigenvalue weighted by atomic mass is 10.1. The van der Waals surface area contributed by atoms with Gasteiger partial charge in [0, 0.05) is 29.2 Å². The monoisotopic (exact) mass is 268 g/mol. The molecule has 1 aromatic carbocycles. The fraction of sp³-hybridized carbons (Fsp3) is 0.556. The van der Waals surface area contributed by atoms with E-state index in [-0.39, 0.29) is 0 Å². The molecule has 1 aromatic heterocycles. The fourth-order valence-electron chi connectivity index (χ4n) is 4.82. The summed E-state index contributed by atoms with van der Waals surface area (Å²) in [7, 11) is 0. The lowest BCUT2D eigenvalue weighted by molar-refractivity contribution is 0.205. The topological polar surface area (TPSA) is 19.0 Å². The van der Waals surface area contributed by atoms with E-state index in [1.54, 1.807) is 0 Å². The largest absolute Gasteiger partial charge is 0.361 e. The van der Waals surface area contributed by atoms with Crippen LogP contribution < -0.4 is 0 Å². The summed E-state index contributed by atoms with van der Waals surface area (Å²) >= 11 is 0. The van der Waals surface area contributed by atoms with Crippen LogP contribution in [0.1, 0.15) is 32.3 Å². The zero-order chi connectivity index (χ0) is 13.7. The Hall–Kier alpha value is -1.28. The summed E-state index contributed by atoms with van der Waals surface area (Å²) in [6.45, 7) is 7.37. The number of aromatic nitrogens is 1. The van der Waals surface area contributed by atoms with Gasteiger partial charge in [-0.1, -0.05) is 31.5 Å². The van der Waals surface area contributed by atoms with Gasteiger partial charge in [0.15, 0.2) is 0 Å². The molecule has 2 nitrogen and oxygen atoms in total. The van der Waals surface area contributed by atoms with Crippen LogP contribution >= 0.6 is 0 Å². The standard InChI is InChI=1S/C18H24N2/c1-3-15-16-9-11-20(18(15,16)2)10-8-13-12-19-17-7-5-4-6-14(13)17/h4-7,12,15-16,19H,3,8-11H2,1-2H3/t15-,16-,18?/m0/s1. The van der Waals surface area contributed by atoms with Crippen molar-refractivity contribution in [3.63, 3.8) is 0 Å². The van der Waals surface area contributed by atoms with E-state index in [1.165, 1.54) is 48.8 Å². The van der Waals surface area contributed by atoms with Crippen LogP contribution in [-0.2, 0) is 6.42 Å². The molecule has 0 spiro atoms. The van der Waals surface area contributed by atoms with Gasteiger partial charge >= 0.3 is 0 Å². The van der Waals surface area contributed by atoms with Gasteiger partial charge < -0.3 is 4.98 Å². The maximum Gasteiger partial charge on any atom is 0.0456 e. The van der Waals surface area contributed by atoms with E-state index in [2.05, 4.69) is 54.2 Å². The molecule has 2 fully saturated rings. The molecule has 0 radical (unpaired) electrons. The maximum absolute atomic E-state index is 3.40. The predicted molar refractivity (Wildman–Crippen MR) is 83.9 cm³/mol. The lowest BCUT2D eigenvalue weighted by Crippen LogP contribution is -2.36. The summed E-state index contributed by atoms with van der Waals surface area (Å²) in [6.07, 6.45) is 6.14. The number of H-pyrrole nitrogens is 1. The van der Waals surface area contributed by atoms with Crippen LogP contribution in [0.3, 0.4) is 0 Å². The first-order valence-electron chi connectivity index (χ1n) is 8.05. The van der Waals surface area contributed by atoms with Gasteiger partial charge in [0.2, 0.25) is 0 Å². The van der Waals surface area contributed by atoms with E-state index < -0.39 is 0 Å². The van der Waals surface area contributed by atoms with Crippen LogP contribution in [0.2, 0.25) is 0 Å². The van der Waals surface area contributed by atoms with Crippen LogP contribution in [0.5, 0.6) is 0 Å². The molecule has 4 rings (SSSR count). The molecule has 1 unspecified atom stereocenters. The van der Waals surface area contributed by atoms with Crippen LogP contribution in [0.25, 0.3) is 10.9 Å². The predicted octanol–water partition coefficient (Wildman–Crippen LogP) is 3.83. The number of para-hydroxylation sites is 1. The van der Waals surface area contributed by atoms with Gasteiger partial charge in [-0.25, -0.2) is 0 Å². The normalized spacial score (nSPS) is 32.7. The third-order valence-electron chi connectivity index (χ3n) is 6.04. The molecule has 1 saturated heterocycles. The highest BCUT2D eigenvalue weighted by atomic mass is 15.3. The Bertz CT molecular complexity index is 623. The summed E-state index contributed by atoms with van der Waals surface area (Å²) in [5.74, 6) is 1.94. The molecule has 2 aromatic rings. The van der Waals surface area contributed by atoms with Gasteiger partial charge in [-0.2, -0.15) is 0 Å². The zero-order valence-corrected chi connectivity index (χ0v) is 12.5. The van der Waals surface area contributed by atoms with E-state index >= 15 is 0 Å². The van der Waals surface area contributed by atoms with E-state index in [9.17, 15) is 0 Å². The second kappa shape index (κ2) is 4.36. The average molecular weight is 268 g/mol. The Kier molecular flexibility index (Phi) is 2.71. The number of rotatable bonds is 4. The molecule has 1 N–H and O–H groups in total. The van der Waals surface area contributed by atoms with Crippen LogP contribution in [0.4, 0.5) is 0 Å². The number of nitrogens with one attached hydrogen (secondary N) is 1. The van der Waals surface area contributed by atoms with Crippen molar-refractivity contribution in [2.45, 2.75) is 38.6 Å². The minimum Gasteiger partial charge on any atom is -0.361 e. The van der Waals surface area contributed by atoms with Crippen molar-refractivity contribution in [3.8, 4) is 0 Å². The Labute approximate surface area is 121 Å². The Morgan fingerprint density at radius 2 is 2.20 bits per heavy atom. The van der Waals surface area contributed by atoms with Crippen molar-refractivity contribution in [1.82, 2.24) is 9.88 Å². The van der Waals surface area contributed by atoms with Crippen molar-refractivity contribution in [3.05, 3.63) is 36.0 Å². The number of piperidine rings is 1. The summed E-state index contributed by atoms with van der Waals surface area (Å²) in [5.41, 5.74) is 3.27. The Morgan fingerprint density at radius 1 is 1.35 bits per heavy atom. The summed E-state index contributed by atoms with van der Waals surface area (Å²) in [5, 5.41) is 1.40. The zero-order valence-electron chi connectivity index (χ0n) is 12.5. The number of hydrogen-bond donors (Lipinski definition) is 1. The first kappa shape index (κ1) is 12.5. The molecule has 106 valence electrons. The van der Waals surface area contributed by atoms with Gasteiger partial charge in [-0.15, -0.1) is 0 Å². The number of nitrogens with zero attached hydrogens (tertiary/aromatic N) is 1. The number of aromatic amines is 1. The molecule has 0 amide bonds. The SMILES string of the molecule is CC[C@H]1[C@@H]2CCN(CCc3c[nH]c4ccccc34)C12C. The van der Waals surface area contributed by atoms with Gasteiger partial charge in [0.25, 0.3) is 0 Å². The van der Waals surface area contributed by atoms with Gasteiger partial charge in [0.1, 0.15) is 0 Å². The highest BCUT2D eigenvalue weighted by Crippen LogP contribution is 2.61. The second-order valence-electron chi connectivity index (χ2n) is 6.73. The molecule has 2 aliphatic rings. The molecule has 1 aliphatic carbocycles. The van der Waals surface area contributed by atoms with Gasteiger partial charge in [-0.3, -0.25) is 4.90 Å². The van der Waals surface area contributed by atoms with Crippen molar-refractivity contribution < 1.29 is 0 Å². The lowest BCUT2D eigenvalue weighted by Gasteiger charge is -2.27. The molecule has 0 bridgehead atoms. The van der Waals surface area contributed by atoms with E-state index in [0.29, 0.717) is 5.54 Å². The second-order valence-corrected chi connectivity index (χ2v) is 6.73. The van der Waals surface area contributed by atoms with E-state index in [0.717, 1.165) is 11.8 Å². The molecular weight excluding hydrogens is 244 g/mol. The molecule has 2 heteroatoms. The number of hydrogen-bond acceptors (Lipinski definition) is 1. The molecule has 1 saturated carbocycles. The molecule has 20 heavy (non-hydrogen) atoms. The number of benzene rings is 1. The third-order valence-corrected chi connectivity index (χ3v) is 6.04. The van der Waals surface area contributed by atoms with Crippen molar-refractivity contribution in [1.29, 1.82) is 0 Å². The van der Waals surface area contributed by atoms with Crippen LogP contribution in [-0.4, -0.2) is 28.5 Å². The first-order valence-corrected chi connectivity index (χ1v) is 8.05. The van der Waals surface area contributed by atoms with Gasteiger partial charge in [-0.05, 0) is 49.8 Å². The maximum atomic E-state index is 3.40. The molecular formula is C18H24N2. The summed E-state index contributed by atoms with van der Waals surface area (Å²) in [4.78, 5) is 6.15. The number of fused-ring (bicyclic) bond motifs is 2. The van der Waals surface area contributed by atoms with Crippen LogP contribution in [0.15, 0.2) is 30.5 Å². The highest BCUT2D eigenvalue weighted by molar-refractivity contribution is 5.83. The minimum absolute atomic E-state index is 0.529. The molecule has 3 atom stereocenters. The van der Waals surface area contributed by atoms with Crippen molar-refractivity contribution >= 4 is 10.9 Å². The van der Waals surface area contributed by atoms with Crippen LogP contribution in [0, 0.1) is 11.8 Å². The summed E-state index contributed by atoms with van der Waals surface area (Å²) in [6, 6.07) is 8.65. The van der Waals surface area contributed by atoms with Crippen molar-refractivity contribution in [2.24, 2.45) is 11.8 Å². The first-order chi connectivity index (χ1) is 9.75. The highest BCUT2D eigenvalue weighted by Gasteiger charge is 2.65. The van der Waals surface area contributed by atoms with E-state index in [4.69, 9.17) is 0 Å². The average Bonchev–Trinajstić information content (AvgIpc) is 2.77. The molecule has 2 heterocycles. The Balaban J connectivity index is 1.49. The summed E-state index contributed by atoms with van der Waals surface area (Å²) < 4.78 is 0. The fourth-order valence-corrected chi connectivity index (χ4v) is 4.82. The Morgan fingerprint density at radius 3 is 3.00 bits per heavy atom. The third kappa shape index (κ3) is 1.61. The quantitative estimate of drug-likeness (QED) is 0.893. The van der Waals surface area contributed by atoms with Crippen molar-refractivity contribution in [2.75, 3.05) is 13.1 Å². The number of likely N-dealkylation sites (tertiary alicyclic amines) is 1. The molecule has 1 aliphatic heterocycles.